The van der Waals surface area contributed by atoms with Gasteiger partial charge in [-0.1, -0.05) is 23.7 Å². The van der Waals surface area contributed by atoms with E-state index in [1.54, 1.807) is 0 Å². The molecule has 2 aliphatic rings. The second kappa shape index (κ2) is 7.48. The predicted molar refractivity (Wildman–Crippen MR) is 106 cm³/mol. The summed E-state index contributed by atoms with van der Waals surface area (Å²) in [7, 11) is 0. The van der Waals surface area contributed by atoms with E-state index in [0.717, 1.165) is 66.6 Å². The molecule has 0 bridgehead atoms. The SMILES string of the molecule is Clc1ccc(-c2ccc(N3CCN(Cc4nnc(C5CC5)o4)CC3)nn2)cc1. The first kappa shape index (κ1) is 17.6. The number of halogens is 1. The Morgan fingerprint density at radius 2 is 1.68 bits per heavy atom. The number of rotatable bonds is 5. The monoisotopic (exact) mass is 396 g/mol. The van der Waals surface area contributed by atoms with E-state index in [-0.39, 0.29) is 0 Å². The zero-order chi connectivity index (χ0) is 18.9. The van der Waals surface area contributed by atoms with Crippen molar-refractivity contribution in [3.05, 3.63) is 53.2 Å². The molecule has 144 valence electrons. The van der Waals surface area contributed by atoms with Gasteiger partial charge in [-0.2, -0.15) is 0 Å². The maximum Gasteiger partial charge on any atom is 0.230 e. The summed E-state index contributed by atoms with van der Waals surface area (Å²) in [5, 5.41) is 17.9. The molecular formula is C20H21ClN6O. The number of hydrogen-bond donors (Lipinski definition) is 0. The molecule has 5 rings (SSSR count). The standard InChI is InChI=1S/C20H21ClN6O/c21-16-5-3-14(4-6-16)17-7-8-18(23-22-17)27-11-9-26(10-12-27)13-19-24-25-20(28-19)15-1-2-15/h3-8,15H,1-2,9-13H2. The van der Waals surface area contributed by atoms with Crippen LogP contribution >= 0.6 is 11.6 Å². The average Bonchev–Trinajstić information content (AvgIpc) is 3.49. The van der Waals surface area contributed by atoms with Gasteiger partial charge in [-0.05, 0) is 37.1 Å². The fraction of sp³-hybridized carbons (Fsp3) is 0.400. The summed E-state index contributed by atoms with van der Waals surface area (Å²) < 4.78 is 5.78. The van der Waals surface area contributed by atoms with E-state index in [2.05, 4.69) is 30.2 Å². The normalized spacial score (nSPS) is 17.8. The minimum atomic E-state index is 0.507. The summed E-state index contributed by atoms with van der Waals surface area (Å²) in [6, 6.07) is 11.7. The van der Waals surface area contributed by atoms with Crippen LogP contribution in [0.4, 0.5) is 5.82 Å². The maximum absolute atomic E-state index is 5.95. The summed E-state index contributed by atoms with van der Waals surface area (Å²) in [6.07, 6.45) is 2.36. The van der Waals surface area contributed by atoms with Crippen LogP contribution in [-0.4, -0.2) is 51.5 Å². The molecule has 0 radical (unpaired) electrons. The van der Waals surface area contributed by atoms with Crippen molar-refractivity contribution >= 4 is 17.4 Å². The fourth-order valence-corrected chi connectivity index (χ4v) is 3.55. The van der Waals surface area contributed by atoms with Crippen molar-refractivity contribution in [3.8, 4) is 11.3 Å². The molecule has 1 saturated carbocycles. The Kier molecular flexibility index (Phi) is 4.70. The van der Waals surface area contributed by atoms with Crippen molar-refractivity contribution in [3.63, 3.8) is 0 Å². The third kappa shape index (κ3) is 3.86. The van der Waals surface area contributed by atoms with E-state index >= 15 is 0 Å². The van der Waals surface area contributed by atoms with Gasteiger partial charge in [-0.25, -0.2) is 0 Å². The molecule has 0 spiro atoms. The molecule has 3 aromatic rings. The largest absolute Gasteiger partial charge is 0.424 e. The molecule has 28 heavy (non-hydrogen) atoms. The van der Waals surface area contributed by atoms with Crippen LogP contribution in [-0.2, 0) is 6.54 Å². The molecule has 2 aromatic heterocycles. The number of hydrogen-bond acceptors (Lipinski definition) is 7. The number of aromatic nitrogens is 4. The summed E-state index contributed by atoms with van der Waals surface area (Å²) in [6.45, 7) is 4.38. The van der Waals surface area contributed by atoms with Gasteiger partial charge >= 0.3 is 0 Å². The number of benzene rings is 1. The van der Waals surface area contributed by atoms with Gasteiger partial charge in [0.05, 0.1) is 12.2 Å². The topological polar surface area (TPSA) is 71.2 Å². The average molecular weight is 397 g/mol. The highest BCUT2D eigenvalue weighted by molar-refractivity contribution is 6.30. The second-order valence-corrected chi connectivity index (χ2v) is 7.79. The molecule has 7 nitrogen and oxygen atoms in total. The lowest BCUT2D eigenvalue weighted by molar-refractivity contribution is 0.223. The Balaban J connectivity index is 1.17. The van der Waals surface area contributed by atoms with Crippen molar-refractivity contribution in [2.45, 2.75) is 25.3 Å². The van der Waals surface area contributed by atoms with Crippen LogP contribution in [0.5, 0.6) is 0 Å². The van der Waals surface area contributed by atoms with Gasteiger partial charge in [-0.15, -0.1) is 20.4 Å². The lowest BCUT2D eigenvalue weighted by Crippen LogP contribution is -2.46. The maximum atomic E-state index is 5.95. The van der Waals surface area contributed by atoms with Crippen molar-refractivity contribution in [1.82, 2.24) is 25.3 Å². The van der Waals surface area contributed by atoms with E-state index in [1.165, 1.54) is 12.8 Å². The number of anilines is 1. The fourth-order valence-electron chi connectivity index (χ4n) is 3.42. The van der Waals surface area contributed by atoms with Crippen molar-refractivity contribution in [2.75, 3.05) is 31.1 Å². The Morgan fingerprint density at radius 1 is 0.893 bits per heavy atom. The third-order valence-corrected chi connectivity index (χ3v) is 5.51. The van der Waals surface area contributed by atoms with E-state index in [9.17, 15) is 0 Å². The van der Waals surface area contributed by atoms with Crippen LogP contribution in [0.2, 0.25) is 5.02 Å². The van der Waals surface area contributed by atoms with Gasteiger partial charge < -0.3 is 9.32 Å². The van der Waals surface area contributed by atoms with Crippen molar-refractivity contribution in [1.29, 1.82) is 0 Å². The first-order valence-electron chi connectivity index (χ1n) is 9.64. The molecule has 1 saturated heterocycles. The van der Waals surface area contributed by atoms with Crippen LogP contribution in [0.3, 0.4) is 0 Å². The van der Waals surface area contributed by atoms with Gasteiger partial charge in [0.25, 0.3) is 0 Å². The minimum Gasteiger partial charge on any atom is -0.424 e. The Bertz CT molecular complexity index is 930. The first-order chi connectivity index (χ1) is 13.7. The van der Waals surface area contributed by atoms with E-state index in [4.69, 9.17) is 16.0 Å². The zero-order valence-electron chi connectivity index (χ0n) is 15.5. The molecule has 0 N–H and O–H groups in total. The highest BCUT2D eigenvalue weighted by Gasteiger charge is 2.29. The van der Waals surface area contributed by atoms with Gasteiger partial charge in [0.15, 0.2) is 5.82 Å². The lowest BCUT2D eigenvalue weighted by Gasteiger charge is -2.34. The molecule has 0 atom stereocenters. The molecule has 2 fully saturated rings. The van der Waals surface area contributed by atoms with Crippen molar-refractivity contribution < 1.29 is 4.42 Å². The molecule has 0 amide bonds. The van der Waals surface area contributed by atoms with Crippen LogP contribution < -0.4 is 4.90 Å². The zero-order valence-corrected chi connectivity index (χ0v) is 16.2. The summed E-state index contributed by atoms with van der Waals surface area (Å²) >= 11 is 5.95. The van der Waals surface area contributed by atoms with Crippen LogP contribution in [0.1, 0.15) is 30.5 Å². The van der Waals surface area contributed by atoms with Gasteiger partial charge in [0, 0.05) is 42.7 Å². The Hall–Kier alpha value is -2.51. The van der Waals surface area contributed by atoms with E-state index in [0.29, 0.717) is 5.92 Å². The third-order valence-electron chi connectivity index (χ3n) is 5.25. The minimum absolute atomic E-state index is 0.507. The van der Waals surface area contributed by atoms with Gasteiger partial charge in [0.1, 0.15) is 0 Å². The van der Waals surface area contributed by atoms with Crippen molar-refractivity contribution in [2.24, 2.45) is 0 Å². The van der Waals surface area contributed by atoms with E-state index in [1.807, 2.05) is 36.4 Å². The van der Waals surface area contributed by atoms with Crippen LogP contribution in [0.25, 0.3) is 11.3 Å². The van der Waals surface area contributed by atoms with Gasteiger partial charge in [0.2, 0.25) is 11.8 Å². The molecule has 1 aliphatic carbocycles. The van der Waals surface area contributed by atoms with Crippen LogP contribution in [0.15, 0.2) is 40.8 Å². The molecular weight excluding hydrogens is 376 g/mol. The van der Waals surface area contributed by atoms with Gasteiger partial charge in [-0.3, -0.25) is 4.90 Å². The quantitative estimate of drug-likeness (QED) is 0.654. The smallest absolute Gasteiger partial charge is 0.230 e. The van der Waals surface area contributed by atoms with E-state index < -0.39 is 0 Å². The molecule has 8 heteroatoms. The lowest BCUT2D eigenvalue weighted by atomic mass is 10.1. The first-order valence-corrected chi connectivity index (χ1v) is 10.0. The predicted octanol–water partition coefficient (Wildman–Crippen LogP) is 3.38. The molecule has 1 aromatic carbocycles. The molecule has 1 aliphatic heterocycles. The Morgan fingerprint density at radius 3 is 2.36 bits per heavy atom. The summed E-state index contributed by atoms with van der Waals surface area (Å²) in [5.41, 5.74) is 1.86. The molecule has 0 unspecified atom stereocenters. The Labute approximate surface area is 168 Å². The number of piperazine rings is 1. The highest BCUT2D eigenvalue weighted by atomic mass is 35.5. The highest BCUT2D eigenvalue weighted by Crippen LogP contribution is 2.39. The second-order valence-electron chi connectivity index (χ2n) is 7.36. The van der Waals surface area contributed by atoms with Crippen LogP contribution in [0, 0.1) is 0 Å². The summed E-state index contributed by atoms with van der Waals surface area (Å²) in [5.74, 6) is 2.95. The number of nitrogens with zero attached hydrogens (tertiary/aromatic N) is 6. The summed E-state index contributed by atoms with van der Waals surface area (Å²) in [4.78, 5) is 4.61. The molecule has 3 heterocycles.